The van der Waals surface area contributed by atoms with Crippen molar-refractivity contribution >= 4 is 33.4 Å². The molecule has 1 aromatic rings. The Balaban J connectivity index is 2.19. The van der Waals surface area contributed by atoms with Gasteiger partial charge in [-0.1, -0.05) is 27.5 Å². The molecule has 5 heteroatoms. The van der Waals surface area contributed by atoms with E-state index in [1.165, 1.54) is 12.1 Å². The van der Waals surface area contributed by atoms with Crippen LogP contribution in [0.1, 0.15) is 23.2 Å². The van der Waals surface area contributed by atoms with Crippen LogP contribution in [0.15, 0.2) is 18.2 Å². The van der Waals surface area contributed by atoms with E-state index in [1.54, 1.807) is 11.0 Å². The molecule has 1 amide bonds. The molecule has 0 bridgehead atoms. The Labute approximate surface area is 113 Å². The van der Waals surface area contributed by atoms with Crippen LogP contribution in [0.4, 0.5) is 4.39 Å². The van der Waals surface area contributed by atoms with E-state index in [1.807, 2.05) is 0 Å². The van der Waals surface area contributed by atoms with E-state index in [9.17, 15) is 9.18 Å². The second kappa shape index (κ2) is 5.36. The lowest BCUT2D eigenvalue weighted by atomic mass is 10.2. The number of alkyl halides is 1. The van der Waals surface area contributed by atoms with Gasteiger partial charge in [-0.3, -0.25) is 4.79 Å². The first-order valence-corrected chi connectivity index (χ1v) is 6.95. The number of hydrogen-bond acceptors (Lipinski definition) is 1. The third-order valence-corrected chi connectivity index (χ3v) is 3.40. The highest BCUT2D eigenvalue weighted by molar-refractivity contribution is 9.09. The van der Waals surface area contributed by atoms with E-state index in [4.69, 9.17) is 11.6 Å². The van der Waals surface area contributed by atoms with E-state index in [0.29, 0.717) is 18.2 Å². The monoisotopic (exact) mass is 319 g/mol. The molecule has 92 valence electrons. The highest BCUT2D eigenvalue weighted by Gasteiger charge is 2.32. The van der Waals surface area contributed by atoms with E-state index in [2.05, 4.69) is 15.9 Å². The zero-order chi connectivity index (χ0) is 12.4. The van der Waals surface area contributed by atoms with Crippen molar-refractivity contribution < 1.29 is 9.18 Å². The summed E-state index contributed by atoms with van der Waals surface area (Å²) in [7, 11) is 0. The molecule has 1 fully saturated rings. The maximum absolute atomic E-state index is 13.3. The molecule has 0 saturated heterocycles. The van der Waals surface area contributed by atoms with Crippen LogP contribution in [0.5, 0.6) is 0 Å². The first kappa shape index (κ1) is 12.8. The fourth-order valence-corrected chi connectivity index (χ4v) is 2.22. The zero-order valence-corrected chi connectivity index (χ0v) is 11.5. The average Bonchev–Trinajstić information content (AvgIpc) is 3.13. The minimum atomic E-state index is -0.549. The number of benzene rings is 1. The van der Waals surface area contributed by atoms with Crippen LogP contribution in [0.25, 0.3) is 0 Å². The summed E-state index contributed by atoms with van der Waals surface area (Å²) in [6.07, 6.45) is 2.07. The van der Waals surface area contributed by atoms with Crippen molar-refractivity contribution in [1.29, 1.82) is 0 Å². The van der Waals surface area contributed by atoms with Crippen LogP contribution in [0, 0.1) is 5.82 Å². The first-order valence-electron chi connectivity index (χ1n) is 5.45. The van der Waals surface area contributed by atoms with E-state index < -0.39 is 5.82 Å². The number of nitrogens with zero attached hydrogens (tertiary/aromatic N) is 1. The summed E-state index contributed by atoms with van der Waals surface area (Å²) in [4.78, 5) is 14.0. The minimum absolute atomic E-state index is 0.0417. The van der Waals surface area contributed by atoms with Crippen molar-refractivity contribution in [3.05, 3.63) is 34.6 Å². The Kier molecular flexibility index (Phi) is 4.05. The number of carbonyl (C=O) groups is 1. The van der Waals surface area contributed by atoms with Crippen molar-refractivity contribution in [3.63, 3.8) is 0 Å². The molecule has 0 spiro atoms. The lowest BCUT2D eigenvalue weighted by Gasteiger charge is -2.21. The van der Waals surface area contributed by atoms with Crippen LogP contribution in [-0.2, 0) is 0 Å². The number of amides is 1. The molecule has 1 saturated carbocycles. The summed E-state index contributed by atoms with van der Waals surface area (Å²) in [6, 6.07) is 4.51. The predicted octanol–water partition coefficient (Wildman–Crippen LogP) is 3.48. The van der Waals surface area contributed by atoms with Gasteiger partial charge in [-0.15, -0.1) is 0 Å². The smallest absolute Gasteiger partial charge is 0.254 e. The van der Waals surface area contributed by atoms with Gasteiger partial charge < -0.3 is 4.90 Å². The van der Waals surface area contributed by atoms with Crippen LogP contribution >= 0.6 is 27.5 Å². The zero-order valence-electron chi connectivity index (χ0n) is 9.13. The summed E-state index contributed by atoms with van der Waals surface area (Å²) in [5, 5.41) is 0.769. The van der Waals surface area contributed by atoms with Crippen LogP contribution < -0.4 is 0 Å². The molecular formula is C12H12BrClFNO. The van der Waals surface area contributed by atoms with Gasteiger partial charge in [0.25, 0.3) is 5.91 Å². The van der Waals surface area contributed by atoms with Gasteiger partial charge in [0.1, 0.15) is 5.82 Å². The Bertz CT molecular complexity index is 437. The summed E-state index contributed by atoms with van der Waals surface area (Å²) >= 11 is 8.92. The normalized spacial score (nSPS) is 14.8. The molecule has 1 aliphatic carbocycles. The van der Waals surface area contributed by atoms with Gasteiger partial charge in [-0.2, -0.15) is 0 Å². The van der Waals surface area contributed by atoms with Gasteiger partial charge in [0.15, 0.2) is 0 Å². The highest BCUT2D eigenvalue weighted by Crippen LogP contribution is 2.28. The molecule has 2 nitrogen and oxygen atoms in total. The fourth-order valence-electron chi connectivity index (χ4n) is 1.72. The van der Waals surface area contributed by atoms with Gasteiger partial charge in [0.2, 0.25) is 0 Å². The van der Waals surface area contributed by atoms with Gasteiger partial charge in [0.05, 0.1) is 5.02 Å². The molecule has 0 aliphatic heterocycles. The largest absolute Gasteiger partial charge is 0.335 e. The number of halogens is 3. The standard InChI is InChI=1S/C12H12BrClFNO/c13-5-6-16(9-2-3-9)12(17)8-1-4-10(14)11(15)7-8/h1,4,7,9H,2-3,5-6H2. The molecule has 0 N–H and O–H groups in total. The van der Waals surface area contributed by atoms with Crippen molar-refractivity contribution in [2.75, 3.05) is 11.9 Å². The van der Waals surface area contributed by atoms with Crippen molar-refractivity contribution in [2.24, 2.45) is 0 Å². The van der Waals surface area contributed by atoms with E-state index >= 15 is 0 Å². The molecule has 1 aromatic carbocycles. The highest BCUT2D eigenvalue weighted by atomic mass is 79.9. The van der Waals surface area contributed by atoms with Crippen LogP contribution in [0.3, 0.4) is 0 Å². The Morgan fingerprint density at radius 2 is 2.24 bits per heavy atom. The molecule has 0 unspecified atom stereocenters. The summed E-state index contributed by atoms with van der Waals surface area (Å²) in [5.41, 5.74) is 0.361. The SMILES string of the molecule is O=C(c1ccc(Cl)c(F)c1)N(CCBr)C1CC1. The minimum Gasteiger partial charge on any atom is -0.335 e. The third kappa shape index (κ3) is 2.99. The van der Waals surface area contributed by atoms with Gasteiger partial charge >= 0.3 is 0 Å². The third-order valence-electron chi connectivity index (χ3n) is 2.74. The van der Waals surface area contributed by atoms with E-state index in [-0.39, 0.29) is 10.9 Å². The van der Waals surface area contributed by atoms with Gasteiger partial charge in [0, 0.05) is 23.5 Å². The molecule has 1 aliphatic rings. The maximum atomic E-state index is 13.3. The molecule has 2 rings (SSSR count). The van der Waals surface area contributed by atoms with Crippen LogP contribution in [-0.4, -0.2) is 28.7 Å². The second-order valence-electron chi connectivity index (χ2n) is 4.05. The summed E-state index contributed by atoms with van der Waals surface area (Å²) in [5.74, 6) is -0.672. The van der Waals surface area contributed by atoms with Crippen molar-refractivity contribution in [2.45, 2.75) is 18.9 Å². The van der Waals surface area contributed by atoms with Crippen molar-refractivity contribution in [3.8, 4) is 0 Å². The predicted molar refractivity (Wildman–Crippen MR) is 69.3 cm³/mol. The number of rotatable bonds is 4. The molecule has 0 aromatic heterocycles. The Morgan fingerprint density at radius 1 is 1.53 bits per heavy atom. The van der Waals surface area contributed by atoms with E-state index in [0.717, 1.165) is 18.2 Å². The molecule has 0 atom stereocenters. The first-order chi connectivity index (χ1) is 8.13. The summed E-state index contributed by atoms with van der Waals surface area (Å²) in [6.45, 7) is 0.647. The second-order valence-corrected chi connectivity index (χ2v) is 5.25. The Hall–Kier alpha value is -0.610. The lowest BCUT2D eigenvalue weighted by molar-refractivity contribution is 0.0754. The van der Waals surface area contributed by atoms with Crippen LogP contribution in [0.2, 0.25) is 5.02 Å². The topological polar surface area (TPSA) is 20.3 Å². The lowest BCUT2D eigenvalue weighted by Crippen LogP contribution is -2.34. The van der Waals surface area contributed by atoms with Gasteiger partial charge in [-0.25, -0.2) is 4.39 Å². The van der Waals surface area contributed by atoms with Gasteiger partial charge in [-0.05, 0) is 31.0 Å². The molecule has 0 radical (unpaired) electrons. The fraction of sp³-hybridized carbons (Fsp3) is 0.417. The average molecular weight is 321 g/mol. The molecular weight excluding hydrogens is 308 g/mol. The number of carbonyl (C=O) groups excluding carboxylic acids is 1. The Morgan fingerprint density at radius 3 is 2.76 bits per heavy atom. The quantitative estimate of drug-likeness (QED) is 0.778. The maximum Gasteiger partial charge on any atom is 0.254 e. The number of hydrogen-bond donors (Lipinski definition) is 0. The van der Waals surface area contributed by atoms with Crippen molar-refractivity contribution in [1.82, 2.24) is 4.90 Å². The summed E-state index contributed by atoms with van der Waals surface area (Å²) < 4.78 is 13.3. The molecule has 0 heterocycles. The molecule has 17 heavy (non-hydrogen) atoms.